The third kappa shape index (κ3) is 5.19. The summed E-state index contributed by atoms with van der Waals surface area (Å²) >= 11 is 1.79. The van der Waals surface area contributed by atoms with Crippen LogP contribution < -0.4 is 5.32 Å². The highest BCUT2D eigenvalue weighted by molar-refractivity contribution is 7.99. The number of nitrogens with zero attached hydrogens (tertiary/aromatic N) is 1. The Morgan fingerprint density at radius 1 is 1.31 bits per heavy atom. The molecule has 0 spiro atoms. The van der Waals surface area contributed by atoms with E-state index < -0.39 is 0 Å². The molecule has 0 fully saturated rings. The van der Waals surface area contributed by atoms with Crippen molar-refractivity contribution in [1.82, 2.24) is 10.2 Å². The zero-order chi connectivity index (χ0) is 11.8. The number of thioether (sulfide) groups is 1. The maximum absolute atomic E-state index is 11.2. The molecule has 1 N–H and O–H groups in total. The highest BCUT2D eigenvalue weighted by atomic mass is 32.2. The van der Waals surface area contributed by atoms with Crippen LogP contribution in [0.15, 0.2) is 35.2 Å². The van der Waals surface area contributed by atoms with Crippen LogP contribution in [-0.2, 0) is 4.79 Å². The summed E-state index contributed by atoms with van der Waals surface area (Å²) in [5.74, 6) is 1.09. The van der Waals surface area contributed by atoms with Crippen LogP contribution in [0.25, 0.3) is 0 Å². The monoisotopic (exact) mass is 238 g/mol. The second-order valence-electron chi connectivity index (χ2n) is 3.63. The van der Waals surface area contributed by atoms with E-state index in [0.29, 0.717) is 6.54 Å². The fourth-order valence-corrected chi connectivity index (χ4v) is 1.94. The van der Waals surface area contributed by atoms with Crippen LogP contribution in [0.1, 0.15) is 0 Å². The van der Waals surface area contributed by atoms with Crippen LogP contribution in [0.4, 0.5) is 0 Å². The van der Waals surface area contributed by atoms with Crippen LogP contribution in [0.3, 0.4) is 0 Å². The van der Waals surface area contributed by atoms with Crippen molar-refractivity contribution >= 4 is 17.7 Å². The van der Waals surface area contributed by atoms with Crippen LogP contribution in [0, 0.1) is 0 Å². The molecular weight excluding hydrogens is 220 g/mol. The number of hydrogen-bond acceptors (Lipinski definition) is 3. The predicted molar refractivity (Wildman–Crippen MR) is 68.7 cm³/mol. The summed E-state index contributed by atoms with van der Waals surface area (Å²) in [5.41, 5.74) is 0. The number of carbonyl (C=O) groups excluding carboxylic acids is 1. The van der Waals surface area contributed by atoms with E-state index in [1.807, 2.05) is 18.2 Å². The molecule has 0 bridgehead atoms. The topological polar surface area (TPSA) is 32.3 Å². The number of carbonyl (C=O) groups is 1. The van der Waals surface area contributed by atoms with Gasteiger partial charge in [-0.3, -0.25) is 4.79 Å². The molecule has 4 heteroatoms. The Kier molecular flexibility index (Phi) is 5.96. The van der Waals surface area contributed by atoms with E-state index in [9.17, 15) is 4.79 Å². The van der Waals surface area contributed by atoms with Gasteiger partial charge in [0.15, 0.2) is 0 Å². The number of nitrogens with one attached hydrogen (secondary N) is 1. The average Bonchev–Trinajstić information content (AvgIpc) is 2.29. The Labute approximate surface area is 101 Å². The summed E-state index contributed by atoms with van der Waals surface area (Å²) in [4.78, 5) is 14.1. The third-order valence-corrected chi connectivity index (χ3v) is 3.08. The van der Waals surface area contributed by atoms with Gasteiger partial charge in [-0.25, -0.2) is 0 Å². The Hall–Kier alpha value is -1.00. The average molecular weight is 238 g/mol. The second-order valence-corrected chi connectivity index (χ2v) is 4.79. The van der Waals surface area contributed by atoms with Crippen molar-refractivity contribution in [3.8, 4) is 0 Å². The molecule has 0 aromatic heterocycles. The minimum Gasteiger partial charge on any atom is -0.348 e. The summed E-state index contributed by atoms with van der Waals surface area (Å²) in [6.45, 7) is 1.27. The molecule has 0 radical (unpaired) electrons. The summed E-state index contributed by atoms with van der Waals surface area (Å²) < 4.78 is 0. The molecule has 1 amide bonds. The molecule has 0 aliphatic rings. The maximum atomic E-state index is 11.2. The fraction of sp³-hybridized carbons (Fsp3) is 0.417. The lowest BCUT2D eigenvalue weighted by atomic mass is 10.4. The van der Waals surface area contributed by atoms with Gasteiger partial charge in [-0.1, -0.05) is 18.2 Å². The molecule has 0 unspecified atom stereocenters. The molecule has 3 nitrogen and oxygen atoms in total. The SMILES string of the molecule is CN(C)C(=O)CNCCSc1ccccc1. The lowest BCUT2D eigenvalue weighted by Gasteiger charge is -2.10. The molecule has 0 aliphatic heterocycles. The van der Waals surface area contributed by atoms with Gasteiger partial charge >= 0.3 is 0 Å². The number of hydrogen-bond donors (Lipinski definition) is 1. The highest BCUT2D eigenvalue weighted by Crippen LogP contribution is 2.15. The summed E-state index contributed by atoms with van der Waals surface area (Å²) in [7, 11) is 3.53. The Balaban J connectivity index is 2.07. The first kappa shape index (κ1) is 13.1. The standard InChI is InChI=1S/C12H18N2OS/c1-14(2)12(15)10-13-8-9-16-11-6-4-3-5-7-11/h3-7,13H,8-10H2,1-2H3. The maximum Gasteiger partial charge on any atom is 0.236 e. The van der Waals surface area contributed by atoms with E-state index >= 15 is 0 Å². The molecule has 16 heavy (non-hydrogen) atoms. The normalized spacial score (nSPS) is 10.1. The zero-order valence-electron chi connectivity index (χ0n) is 9.77. The predicted octanol–water partition coefficient (Wildman–Crippen LogP) is 1.46. The molecule has 88 valence electrons. The van der Waals surface area contributed by atoms with E-state index in [-0.39, 0.29) is 5.91 Å². The van der Waals surface area contributed by atoms with Gasteiger partial charge in [-0.2, -0.15) is 0 Å². The van der Waals surface area contributed by atoms with Crippen LogP contribution in [0.2, 0.25) is 0 Å². The quantitative estimate of drug-likeness (QED) is 0.601. The lowest BCUT2D eigenvalue weighted by molar-refractivity contribution is -0.127. The van der Waals surface area contributed by atoms with Gasteiger partial charge in [0.05, 0.1) is 6.54 Å². The van der Waals surface area contributed by atoms with Crippen molar-refractivity contribution in [3.63, 3.8) is 0 Å². The molecule has 0 saturated heterocycles. The van der Waals surface area contributed by atoms with Crippen molar-refractivity contribution < 1.29 is 4.79 Å². The molecule has 0 aliphatic carbocycles. The highest BCUT2D eigenvalue weighted by Gasteiger charge is 2.01. The molecule has 0 saturated carbocycles. The smallest absolute Gasteiger partial charge is 0.236 e. The van der Waals surface area contributed by atoms with E-state index in [1.54, 1.807) is 30.8 Å². The molecular formula is C12H18N2OS. The van der Waals surface area contributed by atoms with Crippen LogP contribution >= 0.6 is 11.8 Å². The minimum absolute atomic E-state index is 0.115. The van der Waals surface area contributed by atoms with Gasteiger partial charge in [-0.15, -0.1) is 11.8 Å². The van der Waals surface area contributed by atoms with E-state index in [2.05, 4.69) is 17.4 Å². The number of benzene rings is 1. The molecule has 1 aromatic rings. The van der Waals surface area contributed by atoms with Crippen molar-refractivity contribution in [2.75, 3.05) is 32.9 Å². The van der Waals surface area contributed by atoms with Crippen LogP contribution in [-0.4, -0.2) is 43.7 Å². The van der Waals surface area contributed by atoms with Gasteiger partial charge in [0, 0.05) is 31.3 Å². The Bertz CT molecular complexity index is 314. The molecule has 1 aromatic carbocycles. The van der Waals surface area contributed by atoms with Crippen LogP contribution in [0.5, 0.6) is 0 Å². The number of likely N-dealkylation sites (N-methyl/N-ethyl adjacent to an activating group) is 1. The summed E-state index contributed by atoms with van der Waals surface area (Å²) in [6.07, 6.45) is 0. The first-order valence-corrected chi connectivity index (χ1v) is 6.27. The van der Waals surface area contributed by atoms with Crippen molar-refractivity contribution in [1.29, 1.82) is 0 Å². The lowest BCUT2D eigenvalue weighted by Crippen LogP contribution is -2.33. The van der Waals surface area contributed by atoms with Crippen molar-refractivity contribution in [2.24, 2.45) is 0 Å². The van der Waals surface area contributed by atoms with Crippen molar-refractivity contribution in [2.45, 2.75) is 4.90 Å². The second kappa shape index (κ2) is 7.30. The summed E-state index contributed by atoms with van der Waals surface area (Å²) in [5, 5.41) is 3.12. The van der Waals surface area contributed by atoms with E-state index in [4.69, 9.17) is 0 Å². The van der Waals surface area contributed by atoms with Gasteiger partial charge in [0.1, 0.15) is 0 Å². The zero-order valence-corrected chi connectivity index (χ0v) is 10.6. The molecule has 1 rings (SSSR count). The minimum atomic E-state index is 0.115. The van der Waals surface area contributed by atoms with Gasteiger partial charge in [0.2, 0.25) is 5.91 Å². The molecule has 0 atom stereocenters. The van der Waals surface area contributed by atoms with Gasteiger partial charge < -0.3 is 10.2 Å². The Morgan fingerprint density at radius 3 is 2.62 bits per heavy atom. The summed E-state index contributed by atoms with van der Waals surface area (Å²) in [6, 6.07) is 10.3. The third-order valence-electron chi connectivity index (χ3n) is 2.07. The van der Waals surface area contributed by atoms with Gasteiger partial charge in [0.25, 0.3) is 0 Å². The Morgan fingerprint density at radius 2 is 2.00 bits per heavy atom. The fourth-order valence-electron chi connectivity index (χ4n) is 1.11. The van der Waals surface area contributed by atoms with Gasteiger partial charge in [-0.05, 0) is 12.1 Å². The number of amides is 1. The first-order chi connectivity index (χ1) is 7.70. The largest absolute Gasteiger partial charge is 0.348 e. The van der Waals surface area contributed by atoms with Crippen molar-refractivity contribution in [3.05, 3.63) is 30.3 Å². The first-order valence-electron chi connectivity index (χ1n) is 5.29. The van der Waals surface area contributed by atoms with E-state index in [1.165, 1.54) is 4.90 Å². The van der Waals surface area contributed by atoms with E-state index in [0.717, 1.165) is 12.3 Å². The molecule has 0 heterocycles. The number of rotatable bonds is 6.